The van der Waals surface area contributed by atoms with Gasteiger partial charge < -0.3 is 9.47 Å². The molecule has 0 amide bonds. The van der Waals surface area contributed by atoms with Crippen LogP contribution in [0.5, 0.6) is 11.5 Å². The Morgan fingerprint density at radius 2 is 1.36 bits per heavy atom. The molecule has 140 valence electrons. The van der Waals surface area contributed by atoms with Crippen molar-refractivity contribution in [1.82, 2.24) is 0 Å². The molecule has 0 aliphatic carbocycles. The summed E-state index contributed by atoms with van der Waals surface area (Å²) < 4.78 is 10.4. The Hall–Kier alpha value is -3.37. The Bertz CT molecular complexity index is 988. The van der Waals surface area contributed by atoms with Crippen LogP contribution in [0.15, 0.2) is 78.9 Å². The number of allylic oxidation sites excluding steroid dienone is 1. The standard InChI is InChI=1S/C23H17ClO4/c1-27-20-11-7-18(8-12-20)23(26)28-21-13-5-17(6-14-21)22(25)15-4-16-2-9-19(24)10-3-16/h2-15H,1H3/b15-4+. The van der Waals surface area contributed by atoms with Crippen LogP contribution in [0.3, 0.4) is 0 Å². The zero-order valence-electron chi connectivity index (χ0n) is 15.1. The quantitative estimate of drug-likeness (QED) is 0.242. The van der Waals surface area contributed by atoms with Crippen molar-refractivity contribution in [1.29, 1.82) is 0 Å². The molecule has 0 fully saturated rings. The van der Waals surface area contributed by atoms with Crippen LogP contribution >= 0.6 is 11.6 Å². The molecule has 0 aromatic heterocycles. The van der Waals surface area contributed by atoms with Crippen LogP contribution in [0.4, 0.5) is 0 Å². The number of hydrogen-bond acceptors (Lipinski definition) is 4. The molecule has 0 radical (unpaired) electrons. The molecule has 0 spiro atoms. The number of carbonyl (C=O) groups excluding carboxylic acids is 2. The van der Waals surface area contributed by atoms with Gasteiger partial charge >= 0.3 is 5.97 Å². The Morgan fingerprint density at radius 3 is 1.96 bits per heavy atom. The highest BCUT2D eigenvalue weighted by Crippen LogP contribution is 2.17. The fraction of sp³-hybridized carbons (Fsp3) is 0.0435. The summed E-state index contributed by atoms with van der Waals surface area (Å²) >= 11 is 5.84. The lowest BCUT2D eigenvalue weighted by Crippen LogP contribution is -2.08. The summed E-state index contributed by atoms with van der Waals surface area (Å²) in [4.78, 5) is 24.4. The number of ether oxygens (including phenoxy) is 2. The molecule has 0 bridgehead atoms. The van der Waals surface area contributed by atoms with E-state index >= 15 is 0 Å². The number of esters is 1. The Labute approximate surface area is 168 Å². The first-order valence-electron chi connectivity index (χ1n) is 8.49. The number of rotatable bonds is 6. The van der Waals surface area contributed by atoms with Gasteiger partial charge in [-0.25, -0.2) is 4.79 Å². The zero-order valence-corrected chi connectivity index (χ0v) is 15.8. The van der Waals surface area contributed by atoms with Gasteiger partial charge in [0.05, 0.1) is 12.7 Å². The number of ketones is 1. The molecule has 0 aliphatic rings. The van der Waals surface area contributed by atoms with E-state index in [-0.39, 0.29) is 5.78 Å². The van der Waals surface area contributed by atoms with Gasteiger partial charge in [0, 0.05) is 10.6 Å². The second kappa shape index (κ2) is 9.02. The number of halogens is 1. The van der Waals surface area contributed by atoms with E-state index in [1.54, 1.807) is 73.8 Å². The zero-order chi connectivity index (χ0) is 19.9. The van der Waals surface area contributed by atoms with Crippen LogP contribution < -0.4 is 9.47 Å². The van der Waals surface area contributed by atoms with E-state index in [9.17, 15) is 9.59 Å². The summed E-state index contributed by atoms with van der Waals surface area (Å²) in [5.74, 6) is 0.387. The van der Waals surface area contributed by atoms with Crippen molar-refractivity contribution in [2.75, 3.05) is 7.11 Å². The van der Waals surface area contributed by atoms with Crippen LogP contribution in [-0.4, -0.2) is 18.9 Å². The number of benzene rings is 3. The molecule has 4 nitrogen and oxygen atoms in total. The minimum Gasteiger partial charge on any atom is -0.497 e. The average molecular weight is 393 g/mol. The molecule has 0 N–H and O–H groups in total. The van der Waals surface area contributed by atoms with Gasteiger partial charge in [-0.3, -0.25) is 4.79 Å². The molecule has 28 heavy (non-hydrogen) atoms. The number of carbonyl (C=O) groups is 2. The van der Waals surface area contributed by atoms with Crippen LogP contribution in [0, 0.1) is 0 Å². The Kier molecular flexibility index (Phi) is 6.25. The van der Waals surface area contributed by atoms with Crippen LogP contribution in [0.25, 0.3) is 6.08 Å². The number of hydrogen-bond donors (Lipinski definition) is 0. The molecule has 0 heterocycles. The third-order valence-corrected chi connectivity index (χ3v) is 4.22. The lowest BCUT2D eigenvalue weighted by molar-refractivity contribution is 0.0734. The second-order valence-corrected chi connectivity index (χ2v) is 6.33. The van der Waals surface area contributed by atoms with Gasteiger partial charge in [0.2, 0.25) is 0 Å². The van der Waals surface area contributed by atoms with E-state index in [1.807, 2.05) is 12.1 Å². The van der Waals surface area contributed by atoms with Gasteiger partial charge in [0.1, 0.15) is 11.5 Å². The molecule has 0 aliphatic heterocycles. The minimum absolute atomic E-state index is 0.150. The summed E-state index contributed by atoms with van der Waals surface area (Å²) in [7, 11) is 1.56. The van der Waals surface area contributed by atoms with Crippen LogP contribution in [-0.2, 0) is 0 Å². The summed E-state index contributed by atoms with van der Waals surface area (Å²) in [5, 5.41) is 0.642. The molecule has 5 heteroatoms. The predicted molar refractivity (Wildman–Crippen MR) is 109 cm³/mol. The third-order valence-electron chi connectivity index (χ3n) is 3.97. The van der Waals surface area contributed by atoms with Crippen LogP contribution in [0.2, 0.25) is 5.02 Å². The normalized spacial score (nSPS) is 10.6. The molecule has 3 rings (SSSR count). The second-order valence-electron chi connectivity index (χ2n) is 5.89. The van der Waals surface area contributed by atoms with Crippen molar-refractivity contribution in [3.8, 4) is 11.5 Å². The topological polar surface area (TPSA) is 52.6 Å². The summed E-state index contributed by atoms with van der Waals surface area (Å²) in [6.07, 6.45) is 3.21. The van der Waals surface area contributed by atoms with E-state index in [0.29, 0.717) is 27.6 Å². The van der Waals surface area contributed by atoms with Gasteiger partial charge in [0.15, 0.2) is 5.78 Å². The van der Waals surface area contributed by atoms with Crippen LogP contribution in [0.1, 0.15) is 26.3 Å². The Balaban J connectivity index is 1.62. The maximum atomic E-state index is 12.3. The monoisotopic (exact) mass is 392 g/mol. The average Bonchev–Trinajstić information content (AvgIpc) is 2.73. The van der Waals surface area contributed by atoms with E-state index < -0.39 is 5.97 Å². The first kappa shape index (κ1) is 19.4. The highest BCUT2D eigenvalue weighted by molar-refractivity contribution is 6.30. The molecule has 0 saturated carbocycles. The van der Waals surface area contributed by atoms with Gasteiger partial charge in [-0.2, -0.15) is 0 Å². The molecule has 0 unspecified atom stereocenters. The fourth-order valence-corrected chi connectivity index (χ4v) is 2.55. The van der Waals surface area contributed by atoms with E-state index in [2.05, 4.69) is 0 Å². The highest BCUT2D eigenvalue weighted by atomic mass is 35.5. The lowest BCUT2D eigenvalue weighted by atomic mass is 10.1. The largest absolute Gasteiger partial charge is 0.497 e. The summed E-state index contributed by atoms with van der Waals surface area (Å²) in [5.41, 5.74) is 1.78. The molecular formula is C23H17ClO4. The summed E-state index contributed by atoms with van der Waals surface area (Å²) in [6.45, 7) is 0. The first-order valence-corrected chi connectivity index (χ1v) is 8.87. The van der Waals surface area contributed by atoms with E-state index in [1.165, 1.54) is 6.08 Å². The smallest absolute Gasteiger partial charge is 0.343 e. The molecule has 0 atom stereocenters. The Morgan fingerprint density at radius 1 is 0.786 bits per heavy atom. The highest BCUT2D eigenvalue weighted by Gasteiger charge is 2.09. The SMILES string of the molecule is COc1ccc(C(=O)Oc2ccc(C(=O)/C=C/c3ccc(Cl)cc3)cc2)cc1. The van der Waals surface area contributed by atoms with Crippen molar-refractivity contribution >= 4 is 29.4 Å². The lowest BCUT2D eigenvalue weighted by Gasteiger charge is -2.06. The predicted octanol–water partition coefficient (Wildman–Crippen LogP) is 5.46. The van der Waals surface area contributed by atoms with Crippen molar-refractivity contribution < 1.29 is 19.1 Å². The van der Waals surface area contributed by atoms with Gasteiger partial charge in [-0.15, -0.1) is 0 Å². The van der Waals surface area contributed by atoms with Gasteiger partial charge in [-0.1, -0.05) is 29.8 Å². The van der Waals surface area contributed by atoms with Gasteiger partial charge in [0.25, 0.3) is 0 Å². The number of methoxy groups -OCH3 is 1. The van der Waals surface area contributed by atoms with E-state index in [0.717, 1.165) is 5.56 Å². The van der Waals surface area contributed by atoms with Crippen molar-refractivity contribution in [2.45, 2.75) is 0 Å². The van der Waals surface area contributed by atoms with Gasteiger partial charge in [-0.05, 0) is 72.3 Å². The maximum absolute atomic E-state index is 12.3. The maximum Gasteiger partial charge on any atom is 0.343 e. The fourth-order valence-electron chi connectivity index (χ4n) is 2.42. The van der Waals surface area contributed by atoms with Crippen molar-refractivity contribution in [2.24, 2.45) is 0 Å². The minimum atomic E-state index is -0.482. The molecule has 3 aromatic carbocycles. The third kappa shape index (κ3) is 5.09. The molecule has 3 aromatic rings. The molecular weight excluding hydrogens is 376 g/mol. The molecule has 0 saturated heterocycles. The van der Waals surface area contributed by atoms with Crippen molar-refractivity contribution in [3.05, 3.63) is 101 Å². The van der Waals surface area contributed by atoms with Crippen molar-refractivity contribution in [3.63, 3.8) is 0 Å². The first-order chi connectivity index (χ1) is 13.5. The van der Waals surface area contributed by atoms with E-state index in [4.69, 9.17) is 21.1 Å². The summed E-state index contributed by atoms with van der Waals surface area (Å²) in [6, 6.07) is 20.2.